The third kappa shape index (κ3) is 6.13. The zero-order valence-electron chi connectivity index (χ0n) is 8.00. The monoisotopic (exact) mass is 206 g/mol. The molecule has 0 unspecified atom stereocenters. The molecule has 0 radical (unpaired) electrons. The molecular weight excluding hydrogens is 191 g/mol. The van der Waals surface area contributed by atoms with E-state index in [-0.39, 0.29) is 41.0 Å². The predicted molar refractivity (Wildman–Crippen MR) is 57.3 cm³/mol. The molecular formula is C10H15NaO3. The maximum atomic E-state index is 11.1. The van der Waals surface area contributed by atoms with E-state index < -0.39 is 11.8 Å². The summed E-state index contributed by atoms with van der Waals surface area (Å²) in [5, 5.41) is 0. The van der Waals surface area contributed by atoms with E-state index in [0.29, 0.717) is 6.61 Å². The van der Waals surface area contributed by atoms with E-state index in [1.807, 2.05) is 13.8 Å². The Bertz CT molecular complexity index is 244. The first-order chi connectivity index (χ1) is 5.99. The SMILES string of the molecule is C=CC(=O)C(=C)C(=O)OCC(C)C.[NaH]. The molecule has 0 aromatic heterocycles. The van der Waals surface area contributed by atoms with Gasteiger partial charge in [0.05, 0.1) is 12.2 Å². The quantitative estimate of drug-likeness (QED) is 0.220. The van der Waals surface area contributed by atoms with Crippen LogP contribution in [-0.4, -0.2) is 47.9 Å². The van der Waals surface area contributed by atoms with Crippen LogP contribution in [0, 0.1) is 5.92 Å². The zero-order valence-corrected chi connectivity index (χ0v) is 8.00. The van der Waals surface area contributed by atoms with Crippen molar-refractivity contribution in [2.45, 2.75) is 13.8 Å². The van der Waals surface area contributed by atoms with E-state index in [0.717, 1.165) is 6.08 Å². The number of carbonyl (C=O) groups excluding carboxylic acids is 2. The number of ether oxygens (including phenoxy) is 1. The molecule has 0 saturated carbocycles. The van der Waals surface area contributed by atoms with Crippen LogP contribution in [0.1, 0.15) is 13.8 Å². The first kappa shape index (κ1) is 16.1. The number of rotatable bonds is 5. The van der Waals surface area contributed by atoms with Crippen LogP contribution in [-0.2, 0) is 14.3 Å². The van der Waals surface area contributed by atoms with E-state index in [9.17, 15) is 9.59 Å². The third-order valence-electron chi connectivity index (χ3n) is 1.28. The van der Waals surface area contributed by atoms with Gasteiger partial charge in [-0.15, -0.1) is 0 Å². The van der Waals surface area contributed by atoms with E-state index >= 15 is 0 Å². The van der Waals surface area contributed by atoms with Gasteiger partial charge in [-0.25, -0.2) is 4.79 Å². The van der Waals surface area contributed by atoms with Crippen molar-refractivity contribution in [1.82, 2.24) is 0 Å². The molecule has 0 aromatic rings. The van der Waals surface area contributed by atoms with E-state index in [2.05, 4.69) is 13.2 Å². The average Bonchev–Trinajstić information content (AvgIpc) is 2.11. The maximum absolute atomic E-state index is 11.1. The van der Waals surface area contributed by atoms with Crippen molar-refractivity contribution in [2.24, 2.45) is 5.92 Å². The van der Waals surface area contributed by atoms with Crippen LogP contribution in [0.15, 0.2) is 24.8 Å². The van der Waals surface area contributed by atoms with Crippen LogP contribution < -0.4 is 0 Å². The fraction of sp³-hybridized carbons (Fsp3) is 0.400. The Morgan fingerprint density at radius 1 is 1.43 bits per heavy atom. The van der Waals surface area contributed by atoms with Gasteiger partial charge in [0.1, 0.15) is 0 Å². The number of hydrogen-bond acceptors (Lipinski definition) is 3. The Labute approximate surface area is 106 Å². The normalized spacial score (nSPS) is 8.79. The molecule has 0 saturated heterocycles. The first-order valence-electron chi connectivity index (χ1n) is 4.01. The van der Waals surface area contributed by atoms with Gasteiger partial charge in [-0.05, 0) is 12.0 Å². The summed E-state index contributed by atoms with van der Waals surface area (Å²) in [4.78, 5) is 21.9. The summed E-state index contributed by atoms with van der Waals surface area (Å²) < 4.78 is 4.78. The van der Waals surface area contributed by atoms with Crippen molar-refractivity contribution in [3.05, 3.63) is 24.8 Å². The van der Waals surface area contributed by atoms with Crippen molar-refractivity contribution in [2.75, 3.05) is 6.61 Å². The Morgan fingerprint density at radius 2 is 1.93 bits per heavy atom. The van der Waals surface area contributed by atoms with Gasteiger partial charge in [-0.2, -0.15) is 0 Å². The summed E-state index contributed by atoms with van der Waals surface area (Å²) in [6.45, 7) is 10.7. The number of ketones is 1. The standard InChI is InChI=1S/C10H14O3.Na.H/c1-5-9(11)8(4)10(12)13-6-7(2)3;;/h5,7H,1,4,6H2,2-3H3;;. The minimum atomic E-state index is -0.668. The fourth-order valence-electron chi connectivity index (χ4n) is 0.553. The Balaban J connectivity index is 0. The van der Waals surface area contributed by atoms with Crippen LogP contribution in [0.4, 0.5) is 0 Å². The Kier molecular flexibility index (Phi) is 9.15. The molecule has 0 aliphatic rings. The minimum absolute atomic E-state index is 0. The second-order valence-corrected chi connectivity index (χ2v) is 3.04. The van der Waals surface area contributed by atoms with Crippen LogP contribution in [0.5, 0.6) is 0 Å². The van der Waals surface area contributed by atoms with Gasteiger partial charge >= 0.3 is 35.5 Å². The molecule has 3 nitrogen and oxygen atoms in total. The summed E-state index contributed by atoms with van der Waals surface area (Å²) in [7, 11) is 0. The second kappa shape index (κ2) is 7.97. The summed E-state index contributed by atoms with van der Waals surface area (Å²) in [6, 6.07) is 0. The number of esters is 1. The molecule has 0 aliphatic heterocycles. The van der Waals surface area contributed by atoms with Gasteiger partial charge in [0.2, 0.25) is 0 Å². The van der Waals surface area contributed by atoms with Crippen molar-refractivity contribution in [3.8, 4) is 0 Å². The number of carbonyl (C=O) groups is 2. The van der Waals surface area contributed by atoms with Crippen molar-refractivity contribution >= 4 is 41.3 Å². The molecule has 0 rings (SSSR count). The summed E-state index contributed by atoms with van der Waals surface area (Å²) in [5.74, 6) is -0.914. The number of allylic oxidation sites excluding steroid dienone is 1. The van der Waals surface area contributed by atoms with Gasteiger partial charge in [-0.3, -0.25) is 4.79 Å². The Hall–Kier alpha value is -0.380. The average molecular weight is 206 g/mol. The molecule has 74 valence electrons. The molecule has 0 aliphatic carbocycles. The first-order valence-corrected chi connectivity index (χ1v) is 4.01. The molecule has 0 atom stereocenters. The predicted octanol–water partition coefficient (Wildman–Crippen LogP) is 0.848. The fourth-order valence-corrected chi connectivity index (χ4v) is 0.553. The van der Waals surface area contributed by atoms with E-state index in [1.54, 1.807) is 0 Å². The molecule has 0 bridgehead atoms. The van der Waals surface area contributed by atoms with Crippen molar-refractivity contribution < 1.29 is 14.3 Å². The summed E-state index contributed by atoms with van der Waals surface area (Å²) in [5.41, 5.74) is -0.171. The van der Waals surface area contributed by atoms with Gasteiger partial charge in [0.25, 0.3) is 0 Å². The van der Waals surface area contributed by atoms with Crippen molar-refractivity contribution in [1.29, 1.82) is 0 Å². The van der Waals surface area contributed by atoms with Crippen LogP contribution in [0.3, 0.4) is 0 Å². The van der Waals surface area contributed by atoms with Crippen LogP contribution in [0.2, 0.25) is 0 Å². The molecule has 0 fully saturated rings. The molecule has 0 N–H and O–H groups in total. The molecule has 0 spiro atoms. The van der Waals surface area contributed by atoms with Gasteiger partial charge in [0.15, 0.2) is 5.78 Å². The van der Waals surface area contributed by atoms with Crippen molar-refractivity contribution in [3.63, 3.8) is 0 Å². The topological polar surface area (TPSA) is 43.4 Å². The third-order valence-corrected chi connectivity index (χ3v) is 1.28. The molecule has 0 heterocycles. The zero-order chi connectivity index (χ0) is 10.4. The van der Waals surface area contributed by atoms with Gasteiger partial charge in [-0.1, -0.05) is 27.0 Å². The molecule has 0 amide bonds. The van der Waals surface area contributed by atoms with Gasteiger partial charge < -0.3 is 4.74 Å². The number of hydrogen-bond donors (Lipinski definition) is 0. The molecule has 0 aromatic carbocycles. The Morgan fingerprint density at radius 3 is 2.29 bits per heavy atom. The van der Waals surface area contributed by atoms with Crippen LogP contribution >= 0.6 is 0 Å². The van der Waals surface area contributed by atoms with E-state index in [4.69, 9.17) is 4.74 Å². The van der Waals surface area contributed by atoms with Gasteiger partial charge in [0, 0.05) is 0 Å². The summed E-state index contributed by atoms with van der Waals surface area (Å²) in [6.07, 6.45) is 1.04. The second-order valence-electron chi connectivity index (χ2n) is 3.04. The molecule has 14 heavy (non-hydrogen) atoms. The molecule has 4 heteroatoms. The summed E-state index contributed by atoms with van der Waals surface area (Å²) >= 11 is 0. The van der Waals surface area contributed by atoms with E-state index in [1.165, 1.54) is 0 Å². The van der Waals surface area contributed by atoms with Crippen LogP contribution in [0.25, 0.3) is 0 Å².